The molecule has 1 aromatic carbocycles. The molecular formula is C14H13NO3. The smallest absolute Gasteiger partial charge is 0.335 e. The van der Waals surface area contributed by atoms with E-state index < -0.39 is 5.97 Å². The second kappa shape index (κ2) is 4.53. The molecule has 2 rings (SSSR count). The number of hydrogen-bond donors (Lipinski definition) is 1. The van der Waals surface area contributed by atoms with Crippen LogP contribution >= 0.6 is 0 Å². The van der Waals surface area contributed by atoms with Gasteiger partial charge in [-0.2, -0.15) is 0 Å². The van der Waals surface area contributed by atoms with Crippen LogP contribution in [0.3, 0.4) is 0 Å². The molecule has 1 amide bonds. The summed E-state index contributed by atoms with van der Waals surface area (Å²) < 4.78 is 0. The topological polar surface area (TPSA) is 57.6 Å². The van der Waals surface area contributed by atoms with E-state index in [4.69, 9.17) is 11.5 Å². The highest BCUT2D eigenvalue weighted by atomic mass is 16.4. The number of rotatable bonds is 2. The average molecular weight is 243 g/mol. The Kier molecular flexibility index (Phi) is 3.07. The van der Waals surface area contributed by atoms with Crippen molar-refractivity contribution in [2.24, 2.45) is 5.92 Å². The molecule has 1 aliphatic rings. The summed E-state index contributed by atoms with van der Waals surface area (Å²) in [6, 6.07) is 4.75. The quantitative estimate of drug-likeness (QED) is 0.804. The molecule has 1 unspecified atom stereocenters. The largest absolute Gasteiger partial charge is 0.478 e. The Morgan fingerprint density at radius 3 is 2.83 bits per heavy atom. The van der Waals surface area contributed by atoms with E-state index in [0.717, 1.165) is 5.56 Å². The Morgan fingerprint density at radius 2 is 2.28 bits per heavy atom. The summed E-state index contributed by atoms with van der Waals surface area (Å²) in [5.41, 5.74) is 1.68. The summed E-state index contributed by atoms with van der Waals surface area (Å²) in [5, 5.41) is 8.97. The van der Waals surface area contributed by atoms with Gasteiger partial charge in [-0.3, -0.25) is 4.79 Å². The van der Waals surface area contributed by atoms with Gasteiger partial charge in [0, 0.05) is 24.6 Å². The molecule has 18 heavy (non-hydrogen) atoms. The van der Waals surface area contributed by atoms with Crippen molar-refractivity contribution in [2.75, 3.05) is 11.4 Å². The van der Waals surface area contributed by atoms with Gasteiger partial charge in [-0.1, -0.05) is 6.07 Å². The van der Waals surface area contributed by atoms with Crippen LogP contribution in [0.4, 0.5) is 5.69 Å². The van der Waals surface area contributed by atoms with Crippen molar-refractivity contribution in [3.05, 3.63) is 29.3 Å². The number of carboxylic acid groups (broad SMARTS) is 1. The SMILES string of the molecule is C#CC1CC(=O)N(c2cc(C(=O)O)ccc2C)C1. The Hall–Kier alpha value is -2.28. The molecule has 4 nitrogen and oxygen atoms in total. The van der Waals surface area contributed by atoms with Gasteiger partial charge in [0.25, 0.3) is 0 Å². The number of benzene rings is 1. The third-order valence-electron chi connectivity index (χ3n) is 3.11. The van der Waals surface area contributed by atoms with Gasteiger partial charge in [-0.25, -0.2) is 4.79 Å². The van der Waals surface area contributed by atoms with Gasteiger partial charge in [0.2, 0.25) is 5.91 Å². The van der Waals surface area contributed by atoms with Crippen molar-refractivity contribution in [3.8, 4) is 12.3 Å². The van der Waals surface area contributed by atoms with Gasteiger partial charge in [0.15, 0.2) is 0 Å². The minimum atomic E-state index is -1.00. The van der Waals surface area contributed by atoms with Crippen molar-refractivity contribution >= 4 is 17.6 Å². The number of carboxylic acids is 1. The van der Waals surface area contributed by atoms with Crippen LogP contribution in [0.1, 0.15) is 22.3 Å². The molecule has 92 valence electrons. The van der Waals surface area contributed by atoms with E-state index in [9.17, 15) is 9.59 Å². The lowest BCUT2D eigenvalue weighted by molar-refractivity contribution is -0.117. The second-order valence-corrected chi connectivity index (χ2v) is 4.38. The Bertz CT molecular complexity index is 557. The fourth-order valence-electron chi connectivity index (χ4n) is 2.09. The first-order valence-electron chi connectivity index (χ1n) is 5.63. The molecule has 0 saturated carbocycles. The fourth-order valence-corrected chi connectivity index (χ4v) is 2.09. The van der Waals surface area contributed by atoms with Gasteiger partial charge in [-0.15, -0.1) is 12.3 Å². The average Bonchev–Trinajstić information content (AvgIpc) is 2.71. The first-order chi connectivity index (χ1) is 8.52. The van der Waals surface area contributed by atoms with E-state index in [1.807, 2.05) is 6.92 Å². The van der Waals surface area contributed by atoms with Crippen LogP contribution in [0, 0.1) is 25.2 Å². The number of anilines is 1. The molecule has 0 radical (unpaired) electrons. The van der Waals surface area contributed by atoms with Crippen LogP contribution in [0.25, 0.3) is 0 Å². The van der Waals surface area contributed by atoms with Gasteiger partial charge < -0.3 is 10.0 Å². The van der Waals surface area contributed by atoms with Crippen molar-refractivity contribution in [1.29, 1.82) is 0 Å². The first kappa shape index (κ1) is 12.2. The maximum absolute atomic E-state index is 11.9. The number of aryl methyl sites for hydroxylation is 1. The summed E-state index contributed by atoms with van der Waals surface area (Å²) in [7, 11) is 0. The molecule has 1 fully saturated rings. The number of terminal acetylenes is 1. The maximum atomic E-state index is 11.9. The highest BCUT2D eigenvalue weighted by molar-refractivity contribution is 5.98. The van der Waals surface area contributed by atoms with Crippen LogP contribution in [0.15, 0.2) is 18.2 Å². The maximum Gasteiger partial charge on any atom is 0.335 e. The third-order valence-corrected chi connectivity index (χ3v) is 3.11. The van der Waals surface area contributed by atoms with Crippen LogP contribution in [0.5, 0.6) is 0 Å². The Labute approximate surface area is 105 Å². The number of aromatic carboxylic acids is 1. The lowest BCUT2D eigenvalue weighted by Gasteiger charge is -2.19. The predicted octanol–water partition coefficient (Wildman–Crippen LogP) is 1.68. The van der Waals surface area contributed by atoms with Crippen molar-refractivity contribution < 1.29 is 14.7 Å². The number of nitrogens with zero attached hydrogens (tertiary/aromatic N) is 1. The summed E-state index contributed by atoms with van der Waals surface area (Å²) in [6.45, 7) is 2.30. The third kappa shape index (κ3) is 2.07. The molecule has 1 heterocycles. The zero-order chi connectivity index (χ0) is 13.3. The molecule has 1 N–H and O–H groups in total. The van der Waals surface area contributed by atoms with Crippen molar-refractivity contribution in [2.45, 2.75) is 13.3 Å². The van der Waals surface area contributed by atoms with E-state index in [1.165, 1.54) is 12.1 Å². The number of carbonyl (C=O) groups is 2. The molecule has 0 spiro atoms. The van der Waals surface area contributed by atoms with Gasteiger partial charge >= 0.3 is 5.97 Å². The molecule has 0 bridgehead atoms. The van der Waals surface area contributed by atoms with E-state index in [2.05, 4.69) is 5.92 Å². The van der Waals surface area contributed by atoms with E-state index in [0.29, 0.717) is 18.7 Å². The van der Waals surface area contributed by atoms with E-state index in [1.54, 1.807) is 11.0 Å². The number of carbonyl (C=O) groups excluding carboxylic acids is 1. The normalized spacial score (nSPS) is 18.8. The van der Waals surface area contributed by atoms with Gasteiger partial charge in [-0.05, 0) is 24.6 Å². The molecule has 1 aromatic rings. The zero-order valence-corrected chi connectivity index (χ0v) is 10.0. The molecular weight excluding hydrogens is 230 g/mol. The van der Waals surface area contributed by atoms with E-state index >= 15 is 0 Å². The molecule has 0 aliphatic carbocycles. The van der Waals surface area contributed by atoms with Gasteiger partial charge in [0.05, 0.1) is 5.56 Å². The summed E-state index contributed by atoms with van der Waals surface area (Å²) in [6.07, 6.45) is 5.66. The van der Waals surface area contributed by atoms with Crippen molar-refractivity contribution in [3.63, 3.8) is 0 Å². The summed E-state index contributed by atoms with van der Waals surface area (Å²) in [5.74, 6) is 1.42. The molecule has 1 atom stereocenters. The van der Waals surface area contributed by atoms with Crippen LogP contribution in [-0.4, -0.2) is 23.5 Å². The monoisotopic (exact) mass is 243 g/mol. The Balaban J connectivity index is 2.39. The summed E-state index contributed by atoms with van der Waals surface area (Å²) in [4.78, 5) is 24.4. The molecule has 1 aliphatic heterocycles. The van der Waals surface area contributed by atoms with Crippen LogP contribution in [-0.2, 0) is 4.79 Å². The first-order valence-corrected chi connectivity index (χ1v) is 5.63. The molecule has 0 aromatic heterocycles. The number of hydrogen-bond acceptors (Lipinski definition) is 2. The standard InChI is InChI=1S/C14H13NO3/c1-3-10-6-13(16)15(8-10)12-7-11(14(17)18)5-4-9(12)2/h1,4-5,7,10H,6,8H2,2H3,(H,17,18). The highest BCUT2D eigenvalue weighted by Gasteiger charge is 2.30. The minimum absolute atomic E-state index is 0.0522. The van der Waals surface area contributed by atoms with Gasteiger partial charge in [0.1, 0.15) is 0 Å². The number of amides is 1. The minimum Gasteiger partial charge on any atom is -0.478 e. The Morgan fingerprint density at radius 1 is 1.56 bits per heavy atom. The molecule has 1 saturated heterocycles. The van der Waals surface area contributed by atoms with E-state index in [-0.39, 0.29) is 17.4 Å². The lowest BCUT2D eigenvalue weighted by Crippen LogP contribution is -2.25. The fraction of sp³-hybridized carbons (Fsp3) is 0.286. The zero-order valence-electron chi connectivity index (χ0n) is 10.0. The van der Waals surface area contributed by atoms with Crippen LogP contribution in [0.2, 0.25) is 0 Å². The molecule has 4 heteroatoms. The van der Waals surface area contributed by atoms with Crippen molar-refractivity contribution in [1.82, 2.24) is 0 Å². The second-order valence-electron chi connectivity index (χ2n) is 4.38. The lowest BCUT2D eigenvalue weighted by atomic mass is 10.1. The predicted molar refractivity (Wildman–Crippen MR) is 67.4 cm³/mol. The van der Waals surface area contributed by atoms with Crippen LogP contribution < -0.4 is 4.90 Å². The highest BCUT2D eigenvalue weighted by Crippen LogP contribution is 2.28. The summed E-state index contributed by atoms with van der Waals surface area (Å²) >= 11 is 0.